The number of carbonyl (C=O) groups is 2. The maximum atomic E-state index is 11.6. The lowest BCUT2D eigenvalue weighted by atomic mass is 10.0. The number of rotatable bonds is 8. The summed E-state index contributed by atoms with van der Waals surface area (Å²) in [4.78, 5) is 22.8. The fourth-order valence-electron chi connectivity index (χ4n) is 2.51. The van der Waals surface area contributed by atoms with Crippen molar-refractivity contribution >= 4 is 29.0 Å². The van der Waals surface area contributed by atoms with E-state index in [9.17, 15) is 9.59 Å². The van der Waals surface area contributed by atoms with Crippen molar-refractivity contribution < 1.29 is 14.1 Å². The van der Waals surface area contributed by atoms with Crippen molar-refractivity contribution in [1.29, 1.82) is 0 Å². The number of nitrogens with zero attached hydrogens (tertiary/aromatic N) is 1. The maximum Gasteiger partial charge on any atom is 0.250 e. The van der Waals surface area contributed by atoms with Gasteiger partial charge in [0, 0.05) is 23.7 Å². The van der Waals surface area contributed by atoms with Crippen LogP contribution in [0.2, 0.25) is 0 Å². The van der Waals surface area contributed by atoms with Crippen LogP contribution < -0.4 is 22.1 Å². The molecule has 1 unspecified atom stereocenters. The smallest absolute Gasteiger partial charge is 0.250 e. The van der Waals surface area contributed by atoms with Gasteiger partial charge in [0.25, 0.3) is 5.91 Å². The minimum absolute atomic E-state index is 0.0177. The van der Waals surface area contributed by atoms with E-state index in [4.69, 9.17) is 16.0 Å². The highest BCUT2D eigenvalue weighted by Crippen LogP contribution is 2.25. The minimum atomic E-state index is -0.551. The van der Waals surface area contributed by atoms with Gasteiger partial charge in [0.2, 0.25) is 5.91 Å². The van der Waals surface area contributed by atoms with Crippen molar-refractivity contribution in [3.05, 3.63) is 35.6 Å². The molecule has 2 aromatic rings. The van der Waals surface area contributed by atoms with Crippen molar-refractivity contribution in [2.45, 2.75) is 33.2 Å². The molecule has 0 saturated carbocycles. The van der Waals surface area contributed by atoms with Gasteiger partial charge in [0.15, 0.2) is 5.82 Å². The number of anilines is 3. The van der Waals surface area contributed by atoms with Crippen molar-refractivity contribution in [3.63, 3.8) is 0 Å². The SMILES string of the molecule is Cc1cc(Nc2cc(NC(C)C[C@H](C)C(N)=O)ccc2C(N)=O)no1. The Bertz CT molecular complexity index is 771. The zero-order chi connectivity index (χ0) is 18.6. The number of aromatic nitrogens is 1. The summed E-state index contributed by atoms with van der Waals surface area (Å²) in [7, 11) is 0. The van der Waals surface area contributed by atoms with Gasteiger partial charge in [0.05, 0.1) is 11.3 Å². The van der Waals surface area contributed by atoms with E-state index in [0.717, 1.165) is 5.69 Å². The third-order valence-electron chi connectivity index (χ3n) is 3.78. The predicted molar refractivity (Wildman–Crippen MR) is 95.5 cm³/mol. The van der Waals surface area contributed by atoms with Crippen LogP contribution in [-0.2, 0) is 4.79 Å². The van der Waals surface area contributed by atoms with Crippen LogP contribution in [0.4, 0.5) is 17.2 Å². The average molecular weight is 345 g/mol. The molecule has 0 saturated heterocycles. The first kappa shape index (κ1) is 18.3. The monoisotopic (exact) mass is 345 g/mol. The molecular weight excluding hydrogens is 322 g/mol. The standard InChI is InChI=1S/C17H23N5O3/c1-9(16(18)23)6-10(2)20-12-4-5-13(17(19)24)14(8-12)21-15-7-11(3)25-22-15/h4-5,7-10,20H,6H2,1-3H3,(H2,18,23)(H2,19,24)(H,21,22)/t9-,10?/m0/s1. The van der Waals surface area contributed by atoms with Gasteiger partial charge < -0.3 is 26.6 Å². The second-order valence-corrected chi connectivity index (χ2v) is 6.16. The van der Waals surface area contributed by atoms with E-state index in [1.165, 1.54) is 0 Å². The zero-order valence-corrected chi connectivity index (χ0v) is 14.5. The molecular formula is C17H23N5O3. The summed E-state index contributed by atoms with van der Waals surface area (Å²) in [6.07, 6.45) is 0.595. The van der Waals surface area contributed by atoms with Crippen LogP contribution in [0.5, 0.6) is 0 Å². The molecule has 0 aliphatic heterocycles. The van der Waals surface area contributed by atoms with Crippen LogP contribution in [0.15, 0.2) is 28.8 Å². The fourth-order valence-corrected chi connectivity index (χ4v) is 2.51. The zero-order valence-electron chi connectivity index (χ0n) is 14.5. The van der Waals surface area contributed by atoms with Crippen LogP contribution in [-0.4, -0.2) is 23.0 Å². The van der Waals surface area contributed by atoms with Crippen LogP contribution >= 0.6 is 0 Å². The number of hydrogen-bond donors (Lipinski definition) is 4. The highest BCUT2D eigenvalue weighted by Gasteiger charge is 2.15. The number of primary amides is 2. The lowest BCUT2D eigenvalue weighted by molar-refractivity contribution is -0.121. The quantitative estimate of drug-likeness (QED) is 0.578. The predicted octanol–water partition coefficient (Wildman–Crippen LogP) is 2.14. The summed E-state index contributed by atoms with van der Waals surface area (Å²) >= 11 is 0. The van der Waals surface area contributed by atoms with E-state index < -0.39 is 5.91 Å². The number of carbonyl (C=O) groups excluding carboxylic acids is 2. The summed E-state index contributed by atoms with van der Waals surface area (Å²) in [6, 6.07) is 6.87. The van der Waals surface area contributed by atoms with Gasteiger partial charge >= 0.3 is 0 Å². The van der Waals surface area contributed by atoms with Gasteiger partial charge in [-0.15, -0.1) is 0 Å². The molecule has 6 N–H and O–H groups in total. The Kier molecular flexibility index (Phi) is 5.63. The Labute approximate surface area is 145 Å². The van der Waals surface area contributed by atoms with Crippen molar-refractivity contribution in [3.8, 4) is 0 Å². The normalized spacial score (nSPS) is 13.1. The average Bonchev–Trinajstić information content (AvgIpc) is 2.92. The number of nitrogens with two attached hydrogens (primary N) is 2. The molecule has 8 heteroatoms. The highest BCUT2D eigenvalue weighted by atomic mass is 16.5. The van der Waals surface area contributed by atoms with Crippen LogP contribution in [0, 0.1) is 12.8 Å². The highest BCUT2D eigenvalue weighted by molar-refractivity contribution is 5.99. The first-order chi connectivity index (χ1) is 11.8. The molecule has 25 heavy (non-hydrogen) atoms. The largest absolute Gasteiger partial charge is 0.383 e. The molecule has 0 aliphatic carbocycles. The lowest BCUT2D eigenvalue weighted by Crippen LogP contribution is -2.27. The topological polar surface area (TPSA) is 136 Å². The molecule has 0 aliphatic rings. The Hall–Kier alpha value is -3.03. The Morgan fingerprint density at radius 2 is 1.96 bits per heavy atom. The molecule has 0 radical (unpaired) electrons. The Balaban J connectivity index is 2.18. The molecule has 0 fully saturated rings. The second-order valence-electron chi connectivity index (χ2n) is 6.16. The molecule has 2 amide bonds. The second kappa shape index (κ2) is 7.69. The molecule has 1 aromatic carbocycles. The minimum Gasteiger partial charge on any atom is -0.383 e. The first-order valence-corrected chi connectivity index (χ1v) is 7.96. The van der Waals surface area contributed by atoms with Crippen molar-refractivity contribution in [2.24, 2.45) is 17.4 Å². The maximum absolute atomic E-state index is 11.6. The third kappa shape index (κ3) is 4.97. The molecule has 0 bridgehead atoms. The molecule has 134 valence electrons. The molecule has 1 heterocycles. The summed E-state index contributed by atoms with van der Waals surface area (Å²) < 4.78 is 5.01. The number of benzene rings is 1. The van der Waals surface area contributed by atoms with Gasteiger partial charge in [0.1, 0.15) is 5.76 Å². The number of aryl methyl sites for hydroxylation is 1. The molecule has 0 spiro atoms. The number of nitrogens with one attached hydrogen (secondary N) is 2. The van der Waals surface area contributed by atoms with Crippen molar-refractivity contribution in [1.82, 2.24) is 5.16 Å². The van der Waals surface area contributed by atoms with Gasteiger partial charge in [-0.05, 0) is 38.5 Å². The fraction of sp³-hybridized carbons (Fsp3) is 0.353. The number of amides is 2. The summed E-state index contributed by atoms with van der Waals surface area (Å²) in [6.45, 7) is 5.51. The van der Waals surface area contributed by atoms with Gasteiger partial charge in [-0.3, -0.25) is 9.59 Å². The molecule has 1 aromatic heterocycles. The Morgan fingerprint density at radius 3 is 2.52 bits per heavy atom. The lowest BCUT2D eigenvalue weighted by Gasteiger charge is -2.19. The molecule has 2 atom stereocenters. The van der Waals surface area contributed by atoms with Crippen LogP contribution in [0.3, 0.4) is 0 Å². The van der Waals surface area contributed by atoms with Gasteiger partial charge in [-0.1, -0.05) is 12.1 Å². The van der Waals surface area contributed by atoms with E-state index in [0.29, 0.717) is 29.2 Å². The summed E-state index contributed by atoms with van der Waals surface area (Å²) in [5.74, 6) is 0.00765. The van der Waals surface area contributed by atoms with Crippen molar-refractivity contribution in [2.75, 3.05) is 10.6 Å². The third-order valence-corrected chi connectivity index (χ3v) is 3.78. The summed E-state index contributed by atoms with van der Waals surface area (Å²) in [5, 5.41) is 10.2. The van der Waals surface area contributed by atoms with E-state index in [1.807, 2.05) is 6.92 Å². The van der Waals surface area contributed by atoms with E-state index in [1.54, 1.807) is 38.1 Å². The van der Waals surface area contributed by atoms with Gasteiger partial charge in [-0.25, -0.2) is 0 Å². The molecule has 8 nitrogen and oxygen atoms in total. The van der Waals surface area contributed by atoms with Crippen LogP contribution in [0.1, 0.15) is 36.4 Å². The number of hydrogen-bond acceptors (Lipinski definition) is 6. The van der Waals surface area contributed by atoms with E-state index in [-0.39, 0.29) is 17.9 Å². The van der Waals surface area contributed by atoms with Crippen LogP contribution in [0.25, 0.3) is 0 Å². The first-order valence-electron chi connectivity index (χ1n) is 7.96. The van der Waals surface area contributed by atoms with E-state index >= 15 is 0 Å². The Morgan fingerprint density at radius 1 is 1.24 bits per heavy atom. The summed E-state index contributed by atoms with van der Waals surface area (Å²) in [5.41, 5.74) is 12.4. The van der Waals surface area contributed by atoms with E-state index in [2.05, 4.69) is 15.8 Å². The molecule has 2 rings (SSSR count). The van der Waals surface area contributed by atoms with Gasteiger partial charge in [-0.2, -0.15) is 0 Å².